The molecule has 412 valence electrons. The number of aliphatic hydroxyl groups excluding tert-OH is 3. The highest BCUT2D eigenvalue weighted by molar-refractivity contribution is 5.77. The first-order chi connectivity index (χ1) is 34.6. The number of hydrogen-bond acceptors (Lipinski definition) is 12. The van der Waals surface area contributed by atoms with Gasteiger partial charge in [-0.3, -0.25) is 14.5 Å². The summed E-state index contributed by atoms with van der Waals surface area (Å²) in [5.41, 5.74) is 0. The van der Waals surface area contributed by atoms with E-state index in [2.05, 4.69) is 73.1 Å². The number of amides is 2. The van der Waals surface area contributed by atoms with Crippen molar-refractivity contribution in [2.45, 2.75) is 230 Å². The summed E-state index contributed by atoms with van der Waals surface area (Å²) in [5, 5.41) is 35.5. The van der Waals surface area contributed by atoms with Crippen molar-refractivity contribution >= 4 is 11.8 Å². The number of unbranched alkanes of at least 4 members (excludes halogenated alkanes) is 18. The lowest BCUT2D eigenvalue weighted by atomic mass is 9.97. The van der Waals surface area contributed by atoms with Crippen LogP contribution in [0.3, 0.4) is 0 Å². The van der Waals surface area contributed by atoms with Crippen molar-refractivity contribution in [2.24, 2.45) is 0 Å². The van der Waals surface area contributed by atoms with E-state index in [1.807, 2.05) is 11.9 Å². The lowest BCUT2D eigenvalue weighted by Crippen LogP contribution is -2.64. The van der Waals surface area contributed by atoms with E-state index in [1.54, 1.807) is 0 Å². The van der Waals surface area contributed by atoms with Gasteiger partial charge in [-0.25, -0.2) is 0 Å². The van der Waals surface area contributed by atoms with Crippen molar-refractivity contribution in [3.8, 4) is 0 Å². The Labute approximate surface area is 431 Å². The summed E-state index contributed by atoms with van der Waals surface area (Å²) in [6, 6.07) is -1.00. The zero-order valence-electron chi connectivity index (χ0n) is 45.1. The topological polar surface area (TPSA) is 178 Å². The number of carbonyl (C=O) groups excluding carboxylic acids is 2. The molecule has 0 bridgehead atoms. The van der Waals surface area contributed by atoms with Gasteiger partial charge in [0.1, 0.15) is 24.4 Å². The number of ether oxygens (including phenoxy) is 6. The van der Waals surface area contributed by atoms with Gasteiger partial charge in [0, 0.05) is 32.9 Å². The summed E-state index contributed by atoms with van der Waals surface area (Å²) in [5.74, 6) is -1.04. The summed E-state index contributed by atoms with van der Waals surface area (Å²) in [6.07, 6.45) is 44.8. The van der Waals surface area contributed by atoms with Crippen molar-refractivity contribution in [1.82, 2.24) is 15.5 Å². The van der Waals surface area contributed by atoms with Crippen LogP contribution < -0.4 is 10.6 Å². The van der Waals surface area contributed by atoms with Gasteiger partial charge >= 0.3 is 0 Å². The van der Waals surface area contributed by atoms with Gasteiger partial charge < -0.3 is 54.4 Å². The summed E-state index contributed by atoms with van der Waals surface area (Å²) in [6.45, 7) is 8.24. The minimum atomic E-state index is -1.37. The molecule has 6 atom stereocenters. The fourth-order valence-electron chi connectivity index (χ4n) is 8.99. The molecule has 2 fully saturated rings. The zero-order chi connectivity index (χ0) is 51.5. The Hall–Kier alpha value is -2.50. The Balaban J connectivity index is 1.65. The Morgan fingerprint density at radius 3 is 1.68 bits per heavy atom. The predicted molar refractivity (Wildman–Crippen MR) is 285 cm³/mol. The number of aliphatic hydroxyl groups is 3. The Morgan fingerprint density at radius 2 is 1.15 bits per heavy atom. The molecular formula is C57H103N3O11. The molecular weight excluding hydrogens is 903 g/mol. The van der Waals surface area contributed by atoms with Gasteiger partial charge in [-0.1, -0.05) is 140 Å². The maximum atomic E-state index is 12.8. The summed E-state index contributed by atoms with van der Waals surface area (Å²) in [7, 11) is 1.95. The van der Waals surface area contributed by atoms with Gasteiger partial charge in [0.2, 0.25) is 11.8 Å². The number of allylic oxidation sites excluding steroid dienone is 8. The van der Waals surface area contributed by atoms with Crippen LogP contribution >= 0.6 is 0 Å². The monoisotopic (exact) mass is 1010 g/mol. The maximum Gasteiger partial charge on any atom is 0.234 e. The minimum absolute atomic E-state index is 0.0812. The molecule has 2 aliphatic rings. The number of likely N-dealkylation sites (N-methyl/N-ethyl adjacent to an activating group) is 1. The van der Waals surface area contributed by atoms with Crippen molar-refractivity contribution < 1.29 is 53.3 Å². The summed E-state index contributed by atoms with van der Waals surface area (Å²) >= 11 is 0. The second-order valence-electron chi connectivity index (χ2n) is 19.7. The molecule has 2 heterocycles. The average molecular weight is 1010 g/mol. The first-order valence-electron chi connectivity index (χ1n) is 28.2. The van der Waals surface area contributed by atoms with Crippen LogP contribution in [0.1, 0.15) is 188 Å². The van der Waals surface area contributed by atoms with Crippen molar-refractivity contribution in [1.29, 1.82) is 0 Å². The van der Waals surface area contributed by atoms with Crippen LogP contribution in [-0.2, 0) is 38.0 Å². The molecule has 5 N–H and O–H groups in total. The molecule has 0 saturated carbocycles. The fourth-order valence-corrected chi connectivity index (χ4v) is 8.99. The van der Waals surface area contributed by atoms with Crippen LogP contribution in [0, 0.1) is 0 Å². The molecule has 0 aromatic carbocycles. The molecule has 2 rings (SSSR count). The number of nitrogens with one attached hydrogen (secondary N) is 2. The largest absolute Gasteiger partial charge is 0.394 e. The molecule has 0 radical (unpaired) electrons. The smallest absolute Gasteiger partial charge is 0.234 e. The second-order valence-corrected chi connectivity index (χ2v) is 19.7. The zero-order valence-corrected chi connectivity index (χ0v) is 45.1. The number of carbonyl (C=O) groups is 2. The van der Waals surface area contributed by atoms with Crippen LogP contribution in [-0.4, -0.2) is 147 Å². The van der Waals surface area contributed by atoms with Gasteiger partial charge in [0.15, 0.2) is 12.1 Å². The molecule has 2 saturated heterocycles. The highest BCUT2D eigenvalue weighted by atomic mass is 16.7. The van der Waals surface area contributed by atoms with E-state index in [4.69, 9.17) is 28.4 Å². The molecule has 14 nitrogen and oxygen atoms in total. The Bertz CT molecular complexity index is 1360. The quantitative estimate of drug-likeness (QED) is 0.0289. The molecule has 3 unspecified atom stereocenters. The molecule has 71 heavy (non-hydrogen) atoms. The third-order valence-corrected chi connectivity index (χ3v) is 13.1. The van der Waals surface area contributed by atoms with Gasteiger partial charge in [0.05, 0.1) is 58.9 Å². The van der Waals surface area contributed by atoms with Crippen LogP contribution in [0.25, 0.3) is 0 Å². The van der Waals surface area contributed by atoms with Gasteiger partial charge in [-0.2, -0.15) is 0 Å². The minimum Gasteiger partial charge on any atom is -0.394 e. The molecule has 0 aliphatic carbocycles. The second kappa shape index (κ2) is 43.9. The van der Waals surface area contributed by atoms with E-state index in [-0.39, 0.29) is 38.4 Å². The van der Waals surface area contributed by atoms with E-state index in [0.717, 1.165) is 38.5 Å². The standard InChI is InChI=1S/C57H103N3O11/c1-5-7-9-11-13-15-17-19-21-23-25-27-29-31-33-35-37-57(38-36-34-32-30-28-26-24-22-20-18-16-14-12-10-8-6-2)69-48-50(71-57)45-60(4)46-52(63)58-39-40-66-41-42-67-43-44-68-56-53(59-49(3)62)55(65)54(64)51(47-61)70-56/h13-16,19-22,50-51,53-56,61,64-65H,5-12,17-18,23-48H2,1-4H3,(H,58,63)(H,59,62)/b15-13-,16-14-,21-19-,22-20-/t50-,51?,53?,54-,55?,56+/m0/s1. The van der Waals surface area contributed by atoms with Crippen LogP contribution in [0.15, 0.2) is 48.6 Å². The molecule has 0 spiro atoms. The predicted octanol–water partition coefficient (Wildman–Crippen LogP) is 9.55. The van der Waals surface area contributed by atoms with E-state index < -0.39 is 48.9 Å². The van der Waals surface area contributed by atoms with Crippen molar-refractivity contribution in [2.75, 3.05) is 72.9 Å². The van der Waals surface area contributed by atoms with Crippen molar-refractivity contribution in [3.05, 3.63) is 48.6 Å². The van der Waals surface area contributed by atoms with Crippen LogP contribution in [0.5, 0.6) is 0 Å². The van der Waals surface area contributed by atoms with Gasteiger partial charge in [0.25, 0.3) is 0 Å². The normalized spacial score (nSPS) is 21.5. The molecule has 0 aromatic rings. The molecule has 14 heteroatoms. The van der Waals surface area contributed by atoms with Crippen LogP contribution in [0.4, 0.5) is 0 Å². The lowest BCUT2D eigenvalue weighted by molar-refractivity contribution is -0.272. The van der Waals surface area contributed by atoms with E-state index in [9.17, 15) is 24.9 Å². The highest BCUT2D eigenvalue weighted by Crippen LogP contribution is 2.35. The summed E-state index contributed by atoms with van der Waals surface area (Å²) < 4.78 is 35.7. The van der Waals surface area contributed by atoms with Gasteiger partial charge in [-0.05, 0) is 84.1 Å². The number of rotatable bonds is 46. The van der Waals surface area contributed by atoms with E-state index in [1.165, 1.54) is 135 Å². The Kier molecular flexibility index (Phi) is 39.9. The lowest BCUT2D eigenvalue weighted by Gasteiger charge is -2.42. The first-order valence-corrected chi connectivity index (χ1v) is 28.2. The third kappa shape index (κ3) is 33.1. The van der Waals surface area contributed by atoms with E-state index >= 15 is 0 Å². The first kappa shape index (κ1) is 64.6. The van der Waals surface area contributed by atoms with Crippen LogP contribution in [0.2, 0.25) is 0 Å². The SMILES string of the molecule is CCCCC/C=C\C/C=C\CCCCCCCCC1(CCCCCCCC/C=C\C/C=C\CCCCC)OC[C@H](CN(C)CC(=O)NCCOCCOCCO[C@@H]2OC(CO)[C@H](O)C(O)C2NC(C)=O)O1. The third-order valence-electron chi connectivity index (χ3n) is 13.1. The fraction of sp³-hybridized carbons (Fsp3) is 0.825. The maximum absolute atomic E-state index is 12.8. The molecule has 0 aromatic heterocycles. The number of hydrogen-bond donors (Lipinski definition) is 5. The van der Waals surface area contributed by atoms with Gasteiger partial charge in [-0.15, -0.1) is 0 Å². The number of nitrogens with zero attached hydrogens (tertiary/aromatic N) is 1. The van der Waals surface area contributed by atoms with E-state index in [0.29, 0.717) is 32.9 Å². The Morgan fingerprint density at radius 1 is 0.662 bits per heavy atom. The average Bonchev–Trinajstić information content (AvgIpc) is 3.75. The van der Waals surface area contributed by atoms with Crippen molar-refractivity contribution in [3.63, 3.8) is 0 Å². The highest BCUT2D eigenvalue weighted by Gasteiger charge is 2.45. The molecule has 2 aliphatic heterocycles. The molecule has 2 amide bonds. The summed E-state index contributed by atoms with van der Waals surface area (Å²) in [4.78, 5) is 26.4.